The molecule has 31 heavy (non-hydrogen) atoms. The van der Waals surface area contributed by atoms with Crippen molar-refractivity contribution in [2.45, 2.75) is 25.9 Å². The van der Waals surface area contributed by atoms with Crippen LogP contribution in [0.4, 0.5) is 15.2 Å². The molecule has 0 spiro atoms. The lowest BCUT2D eigenvalue weighted by molar-refractivity contribution is -0.142. The Morgan fingerprint density at radius 2 is 1.81 bits per heavy atom. The van der Waals surface area contributed by atoms with Gasteiger partial charge in [0, 0.05) is 16.9 Å². The molecule has 0 radical (unpaired) electrons. The summed E-state index contributed by atoms with van der Waals surface area (Å²) in [5.41, 5.74) is 2.67. The number of carbonyl (C=O) groups is 2. The highest BCUT2D eigenvalue weighted by Gasteiger charge is 2.37. The summed E-state index contributed by atoms with van der Waals surface area (Å²) < 4.78 is 14.6. The summed E-state index contributed by atoms with van der Waals surface area (Å²) in [4.78, 5) is 28.3. The third-order valence-electron chi connectivity index (χ3n) is 5.60. The van der Waals surface area contributed by atoms with Gasteiger partial charge in [0.2, 0.25) is 0 Å². The van der Waals surface area contributed by atoms with Crippen molar-refractivity contribution in [1.82, 2.24) is 4.98 Å². The Morgan fingerprint density at radius 3 is 2.45 bits per heavy atom. The predicted octanol–water partition coefficient (Wildman–Crippen LogP) is 4.87. The van der Waals surface area contributed by atoms with Crippen LogP contribution in [0.1, 0.15) is 35.3 Å². The average Bonchev–Trinajstić information content (AvgIpc) is 3.44. The number of nitrogens with zero attached hydrogens (tertiary/aromatic N) is 1. The summed E-state index contributed by atoms with van der Waals surface area (Å²) in [6.07, 6.45) is 1.87. The minimum atomic E-state index is -0.915. The van der Waals surface area contributed by atoms with Gasteiger partial charge < -0.3 is 15.5 Å². The maximum Gasteiger partial charge on any atom is 0.307 e. The molecule has 1 saturated carbocycles. The maximum atomic E-state index is 14.6. The molecule has 1 aliphatic carbocycles. The molecular formula is C23H21FN2O4S. The second-order valence-electron chi connectivity index (χ2n) is 7.55. The third kappa shape index (κ3) is 4.50. The van der Waals surface area contributed by atoms with Crippen LogP contribution in [0.15, 0.2) is 47.8 Å². The molecule has 3 N–H and O–H groups in total. The van der Waals surface area contributed by atoms with Gasteiger partial charge in [-0.05, 0) is 36.1 Å². The van der Waals surface area contributed by atoms with Crippen molar-refractivity contribution in [3.05, 3.63) is 64.9 Å². The largest absolute Gasteiger partial charge is 0.481 e. The third-order valence-corrected chi connectivity index (χ3v) is 6.40. The molecule has 1 aliphatic rings. The molecule has 2 aromatic carbocycles. The standard InChI is InChI=1S/C23H21FN2O4S/c24-19-10-15(8-9-20(19)26-23-25-16(11-27)12-31-23)13-4-6-14(7-5-13)21(28)17-2-1-3-18(17)22(29)30/h4-10,12,17-18,27H,1-3,11H2,(H,25,26)(H,29,30)/t17-,18-/m0/s1. The fraction of sp³-hybridized carbons (Fsp3) is 0.261. The topological polar surface area (TPSA) is 99.5 Å². The van der Waals surface area contributed by atoms with Crippen LogP contribution >= 0.6 is 11.3 Å². The molecule has 0 aliphatic heterocycles. The number of hydrogen-bond donors (Lipinski definition) is 3. The van der Waals surface area contributed by atoms with Crippen LogP contribution in [-0.4, -0.2) is 26.9 Å². The quantitative estimate of drug-likeness (QED) is 0.454. The van der Waals surface area contributed by atoms with Crippen molar-refractivity contribution in [3.63, 3.8) is 0 Å². The minimum absolute atomic E-state index is 0.145. The molecule has 2 atom stereocenters. The average molecular weight is 440 g/mol. The fourth-order valence-electron chi connectivity index (χ4n) is 3.96. The number of nitrogens with one attached hydrogen (secondary N) is 1. The first-order chi connectivity index (χ1) is 15.0. The predicted molar refractivity (Wildman–Crippen MR) is 116 cm³/mol. The van der Waals surface area contributed by atoms with E-state index in [1.807, 2.05) is 0 Å². The maximum absolute atomic E-state index is 14.6. The van der Waals surface area contributed by atoms with Crippen LogP contribution < -0.4 is 5.32 Å². The van der Waals surface area contributed by atoms with E-state index in [2.05, 4.69) is 10.3 Å². The number of thiazole rings is 1. The lowest BCUT2D eigenvalue weighted by atomic mass is 9.88. The molecular weight excluding hydrogens is 419 g/mol. The highest BCUT2D eigenvalue weighted by atomic mass is 32.1. The van der Waals surface area contributed by atoms with Crippen molar-refractivity contribution in [2.24, 2.45) is 11.8 Å². The highest BCUT2D eigenvalue weighted by molar-refractivity contribution is 7.13. The van der Waals surface area contributed by atoms with Crippen molar-refractivity contribution in [3.8, 4) is 11.1 Å². The zero-order chi connectivity index (χ0) is 22.0. The van der Waals surface area contributed by atoms with E-state index in [0.29, 0.717) is 34.8 Å². The summed E-state index contributed by atoms with van der Waals surface area (Å²) in [6.45, 7) is -0.171. The summed E-state index contributed by atoms with van der Waals surface area (Å²) in [6, 6.07) is 11.6. The first-order valence-electron chi connectivity index (χ1n) is 9.95. The van der Waals surface area contributed by atoms with Gasteiger partial charge in [-0.15, -0.1) is 11.3 Å². The van der Waals surface area contributed by atoms with Crippen molar-refractivity contribution in [1.29, 1.82) is 0 Å². The van der Waals surface area contributed by atoms with Crippen LogP contribution in [0.25, 0.3) is 11.1 Å². The molecule has 1 fully saturated rings. The van der Waals surface area contributed by atoms with Crippen molar-refractivity contribution >= 4 is 33.9 Å². The van der Waals surface area contributed by atoms with E-state index in [1.54, 1.807) is 41.8 Å². The number of benzene rings is 2. The summed E-state index contributed by atoms with van der Waals surface area (Å²) in [5, 5.41) is 23.5. The molecule has 4 rings (SSSR count). The van der Waals surface area contributed by atoms with Crippen molar-refractivity contribution in [2.75, 3.05) is 5.32 Å². The van der Waals surface area contributed by atoms with E-state index in [1.165, 1.54) is 17.4 Å². The summed E-state index contributed by atoms with van der Waals surface area (Å²) in [7, 11) is 0. The number of anilines is 2. The number of aliphatic carboxylic acids is 1. The fourth-order valence-corrected chi connectivity index (χ4v) is 4.67. The van der Waals surface area contributed by atoms with Crippen LogP contribution in [-0.2, 0) is 11.4 Å². The van der Waals surface area contributed by atoms with E-state index >= 15 is 0 Å². The van der Waals surface area contributed by atoms with Crippen LogP contribution in [0, 0.1) is 17.7 Å². The second-order valence-corrected chi connectivity index (χ2v) is 8.40. The van der Waals surface area contributed by atoms with E-state index in [0.717, 1.165) is 12.0 Å². The Bertz CT molecular complexity index is 1110. The first-order valence-corrected chi connectivity index (χ1v) is 10.8. The lowest BCUT2D eigenvalue weighted by Gasteiger charge is -2.15. The zero-order valence-electron chi connectivity index (χ0n) is 16.5. The van der Waals surface area contributed by atoms with Gasteiger partial charge in [-0.3, -0.25) is 9.59 Å². The van der Waals surface area contributed by atoms with E-state index in [9.17, 15) is 19.1 Å². The van der Waals surface area contributed by atoms with E-state index < -0.39 is 23.6 Å². The van der Waals surface area contributed by atoms with Gasteiger partial charge in [-0.1, -0.05) is 36.8 Å². The molecule has 0 bridgehead atoms. The normalized spacial score (nSPS) is 18.1. The number of halogens is 1. The number of Topliss-reactive ketones (excluding diaryl/α,β-unsaturated/α-hetero) is 1. The van der Waals surface area contributed by atoms with Gasteiger partial charge in [0.05, 0.1) is 23.9 Å². The molecule has 160 valence electrons. The number of aliphatic hydroxyl groups is 1. The highest BCUT2D eigenvalue weighted by Crippen LogP contribution is 2.35. The van der Waals surface area contributed by atoms with E-state index in [-0.39, 0.29) is 18.1 Å². The van der Waals surface area contributed by atoms with Gasteiger partial charge in [-0.25, -0.2) is 9.37 Å². The molecule has 0 saturated heterocycles. The zero-order valence-corrected chi connectivity index (χ0v) is 17.4. The Morgan fingerprint density at radius 1 is 1.10 bits per heavy atom. The Kier molecular flexibility index (Phi) is 6.11. The molecule has 0 unspecified atom stereocenters. The summed E-state index contributed by atoms with van der Waals surface area (Å²) in [5.74, 6) is -2.61. The van der Waals surface area contributed by atoms with E-state index in [4.69, 9.17) is 5.11 Å². The molecule has 8 heteroatoms. The number of carbonyl (C=O) groups excluding carboxylic acids is 1. The minimum Gasteiger partial charge on any atom is -0.481 e. The monoisotopic (exact) mass is 440 g/mol. The van der Waals surface area contributed by atoms with Gasteiger partial charge in [-0.2, -0.15) is 0 Å². The molecule has 1 heterocycles. The van der Waals surface area contributed by atoms with Gasteiger partial charge in [0.15, 0.2) is 10.9 Å². The number of hydrogen-bond acceptors (Lipinski definition) is 6. The Labute approximate surface area is 182 Å². The number of rotatable bonds is 7. The smallest absolute Gasteiger partial charge is 0.307 e. The number of aromatic nitrogens is 1. The van der Waals surface area contributed by atoms with Crippen LogP contribution in [0.3, 0.4) is 0 Å². The van der Waals surface area contributed by atoms with Crippen molar-refractivity contribution < 1.29 is 24.2 Å². The second kappa shape index (κ2) is 8.95. The van der Waals surface area contributed by atoms with Gasteiger partial charge >= 0.3 is 5.97 Å². The van der Waals surface area contributed by atoms with Crippen LogP contribution in [0.5, 0.6) is 0 Å². The van der Waals surface area contributed by atoms with Gasteiger partial charge in [0.25, 0.3) is 0 Å². The first kappa shape index (κ1) is 21.1. The summed E-state index contributed by atoms with van der Waals surface area (Å²) >= 11 is 1.28. The number of ketones is 1. The number of carboxylic acids is 1. The lowest BCUT2D eigenvalue weighted by Crippen LogP contribution is -2.25. The number of aliphatic hydroxyl groups excluding tert-OH is 1. The molecule has 1 aromatic heterocycles. The molecule has 0 amide bonds. The van der Waals surface area contributed by atoms with Crippen LogP contribution in [0.2, 0.25) is 0 Å². The van der Waals surface area contributed by atoms with Gasteiger partial charge in [0.1, 0.15) is 5.82 Å². The Hall–Kier alpha value is -3.10. The molecule has 3 aromatic rings. The molecule has 6 nitrogen and oxygen atoms in total. The SMILES string of the molecule is O=C(O)[C@H]1CCC[C@@H]1C(=O)c1ccc(-c2ccc(Nc3nc(CO)cs3)c(F)c2)cc1. The Balaban J connectivity index is 1.49. The number of carboxylic acid groups (broad SMARTS) is 1.